The second-order valence-corrected chi connectivity index (χ2v) is 4.41. The summed E-state index contributed by atoms with van der Waals surface area (Å²) in [4.78, 5) is 2.80. The maximum absolute atomic E-state index is 4.96. The summed E-state index contributed by atoms with van der Waals surface area (Å²) in [6.45, 7) is 5.00. The lowest BCUT2D eigenvalue weighted by Crippen LogP contribution is -2.15. The van der Waals surface area contributed by atoms with Crippen LogP contribution in [0, 0.1) is 6.92 Å². The fraction of sp³-hybridized carbons (Fsp3) is 0.600. The highest BCUT2D eigenvalue weighted by Crippen LogP contribution is 2.14. The summed E-state index contributed by atoms with van der Waals surface area (Å²) in [7, 11) is 1.74. The molecular weight excluding hydrogens is 218 g/mol. The van der Waals surface area contributed by atoms with E-state index in [1.165, 1.54) is 9.75 Å². The van der Waals surface area contributed by atoms with Crippen LogP contribution in [0.15, 0.2) is 12.1 Å². The molecule has 1 heterocycles. The highest BCUT2D eigenvalue weighted by molar-refractivity contribution is 7.11. The number of aryl methyl sites for hydroxylation is 1. The quantitative estimate of drug-likeness (QED) is 0.766. The molecule has 0 radical (unpaired) electrons. The van der Waals surface area contributed by atoms with E-state index < -0.39 is 0 Å². The predicted octanol–water partition coefficient (Wildman–Crippen LogP) is 2.60. The normalized spacial score (nSPS) is 9.86. The van der Waals surface area contributed by atoms with Crippen molar-refractivity contribution < 1.29 is 4.74 Å². The number of halogens is 1. The monoisotopic (exact) mass is 235 g/mol. The molecule has 0 unspecified atom stereocenters. The molecule has 0 bridgehead atoms. The van der Waals surface area contributed by atoms with Gasteiger partial charge in [0.05, 0.1) is 0 Å². The molecule has 1 N–H and O–H groups in total. The molecule has 2 nitrogen and oxygen atoms in total. The van der Waals surface area contributed by atoms with Gasteiger partial charge in [0.25, 0.3) is 0 Å². The summed E-state index contributed by atoms with van der Waals surface area (Å²) in [5.74, 6) is 0. The third kappa shape index (κ3) is 5.60. The molecule has 0 aliphatic carbocycles. The standard InChI is InChI=1S/C10H17NOS.ClH/c1-9-4-5-10(13-9)8-11-6-3-7-12-2;/h4-5,11H,3,6-8H2,1-2H3;1H. The zero-order valence-electron chi connectivity index (χ0n) is 8.71. The molecule has 1 rings (SSSR count). The van der Waals surface area contributed by atoms with Crippen molar-refractivity contribution in [2.75, 3.05) is 20.3 Å². The van der Waals surface area contributed by atoms with Gasteiger partial charge in [-0.15, -0.1) is 23.7 Å². The zero-order valence-corrected chi connectivity index (χ0v) is 10.3. The summed E-state index contributed by atoms with van der Waals surface area (Å²) in [5.41, 5.74) is 0. The van der Waals surface area contributed by atoms with E-state index >= 15 is 0 Å². The number of nitrogens with one attached hydrogen (secondary N) is 1. The van der Waals surface area contributed by atoms with Gasteiger partial charge in [-0.1, -0.05) is 0 Å². The lowest BCUT2D eigenvalue weighted by Gasteiger charge is -2.01. The van der Waals surface area contributed by atoms with Gasteiger partial charge in [0.2, 0.25) is 0 Å². The van der Waals surface area contributed by atoms with Crippen LogP contribution in [0.4, 0.5) is 0 Å². The first-order valence-corrected chi connectivity index (χ1v) is 5.39. The summed E-state index contributed by atoms with van der Waals surface area (Å²) >= 11 is 1.86. The average Bonchev–Trinajstić information content (AvgIpc) is 2.51. The van der Waals surface area contributed by atoms with Gasteiger partial charge in [-0.05, 0) is 32.0 Å². The molecule has 1 aromatic heterocycles. The Balaban J connectivity index is 0.00000169. The Labute approximate surface area is 96.1 Å². The van der Waals surface area contributed by atoms with Crippen LogP contribution in [0.2, 0.25) is 0 Å². The first-order chi connectivity index (χ1) is 6.33. The Morgan fingerprint density at radius 2 is 2.21 bits per heavy atom. The third-order valence-electron chi connectivity index (χ3n) is 1.80. The van der Waals surface area contributed by atoms with Gasteiger partial charge in [0.15, 0.2) is 0 Å². The fourth-order valence-electron chi connectivity index (χ4n) is 1.13. The maximum atomic E-state index is 4.96. The number of hydrogen-bond acceptors (Lipinski definition) is 3. The number of methoxy groups -OCH3 is 1. The third-order valence-corrected chi connectivity index (χ3v) is 2.80. The van der Waals surface area contributed by atoms with E-state index in [9.17, 15) is 0 Å². The van der Waals surface area contributed by atoms with Crippen molar-refractivity contribution in [1.29, 1.82) is 0 Å². The van der Waals surface area contributed by atoms with E-state index in [1.54, 1.807) is 7.11 Å². The molecule has 0 aliphatic rings. The van der Waals surface area contributed by atoms with Crippen LogP contribution in [0.1, 0.15) is 16.2 Å². The van der Waals surface area contributed by atoms with Gasteiger partial charge in [-0.25, -0.2) is 0 Å². The van der Waals surface area contributed by atoms with E-state index in [0.29, 0.717) is 0 Å². The Morgan fingerprint density at radius 1 is 1.43 bits per heavy atom. The van der Waals surface area contributed by atoms with Crippen LogP contribution in [0.5, 0.6) is 0 Å². The van der Waals surface area contributed by atoms with Gasteiger partial charge < -0.3 is 10.1 Å². The Kier molecular flexibility index (Phi) is 8.18. The highest BCUT2D eigenvalue weighted by Gasteiger charge is 1.95. The van der Waals surface area contributed by atoms with E-state index in [2.05, 4.69) is 24.4 Å². The second kappa shape index (κ2) is 8.24. The van der Waals surface area contributed by atoms with Crippen LogP contribution < -0.4 is 5.32 Å². The lowest BCUT2D eigenvalue weighted by molar-refractivity contribution is 0.194. The average molecular weight is 236 g/mol. The Bertz CT molecular complexity index is 240. The van der Waals surface area contributed by atoms with Crippen molar-refractivity contribution in [2.24, 2.45) is 0 Å². The Hall–Kier alpha value is -0.0900. The molecule has 0 amide bonds. The number of thiophene rings is 1. The van der Waals surface area contributed by atoms with Crippen molar-refractivity contribution >= 4 is 23.7 Å². The number of rotatable bonds is 6. The first-order valence-electron chi connectivity index (χ1n) is 4.58. The molecule has 0 spiro atoms. The van der Waals surface area contributed by atoms with Crippen LogP contribution in [0.3, 0.4) is 0 Å². The van der Waals surface area contributed by atoms with Crippen LogP contribution in [0.25, 0.3) is 0 Å². The van der Waals surface area contributed by atoms with Crippen LogP contribution in [-0.2, 0) is 11.3 Å². The van der Waals surface area contributed by atoms with Crippen molar-refractivity contribution in [3.63, 3.8) is 0 Å². The molecule has 0 atom stereocenters. The summed E-state index contributed by atoms with van der Waals surface area (Å²) in [6.07, 6.45) is 1.08. The second-order valence-electron chi connectivity index (χ2n) is 3.04. The van der Waals surface area contributed by atoms with E-state index in [1.807, 2.05) is 11.3 Å². The molecule has 0 aliphatic heterocycles. The van der Waals surface area contributed by atoms with Gasteiger partial charge in [-0.2, -0.15) is 0 Å². The summed E-state index contributed by atoms with van der Waals surface area (Å²) in [5, 5.41) is 3.38. The lowest BCUT2D eigenvalue weighted by atomic mass is 10.4. The zero-order chi connectivity index (χ0) is 9.52. The van der Waals surface area contributed by atoms with E-state index in [4.69, 9.17) is 4.74 Å². The molecule has 0 saturated carbocycles. The largest absolute Gasteiger partial charge is 0.385 e. The smallest absolute Gasteiger partial charge is 0.0474 e. The molecule has 4 heteroatoms. The molecule has 1 aromatic rings. The minimum atomic E-state index is 0. The minimum Gasteiger partial charge on any atom is -0.385 e. The van der Waals surface area contributed by atoms with Gasteiger partial charge in [0, 0.05) is 30.0 Å². The Morgan fingerprint density at radius 3 is 2.79 bits per heavy atom. The first kappa shape index (κ1) is 13.9. The van der Waals surface area contributed by atoms with Gasteiger partial charge in [-0.3, -0.25) is 0 Å². The van der Waals surface area contributed by atoms with Crippen molar-refractivity contribution in [3.05, 3.63) is 21.9 Å². The summed E-state index contributed by atoms with van der Waals surface area (Å²) < 4.78 is 4.96. The van der Waals surface area contributed by atoms with Crippen LogP contribution in [-0.4, -0.2) is 20.3 Å². The topological polar surface area (TPSA) is 21.3 Å². The molecule has 14 heavy (non-hydrogen) atoms. The molecule has 0 fully saturated rings. The van der Waals surface area contributed by atoms with E-state index in [-0.39, 0.29) is 12.4 Å². The number of ether oxygens (including phenoxy) is 1. The highest BCUT2D eigenvalue weighted by atomic mass is 35.5. The molecular formula is C10H18ClNOS. The summed E-state index contributed by atoms with van der Waals surface area (Å²) in [6, 6.07) is 4.35. The SMILES string of the molecule is COCCCNCc1ccc(C)s1.Cl. The van der Waals surface area contributed by atoms with Gasteiger partial charge >= 0.3 is 0 Å². The maximum Gasteiger partial charge on any atom is 0.0474 e. The predicted molar refractivity (Wildman–Crippen MR) is 64.5 cm³/mol. The molecule has 82 valence electrons. The minimum absolute atomic E-state index is 0. The van der Waals surface area contributed by atoms with Gasteiger partial charge in [0.1, 0.15) is 0 Å². The van der Waals surface area contributed by atoms with Crippen LogP contribution >= 0.6 is 23.7 Å². The van der Waals surface area contributed by atoms with Crippen molar-refractivity contribution in [3.8, 4) is 0 Å². The molecule has 0 aromatic carbocycles. The molecule has 0 saturated heterocycles. The van der Waals surface area contributed by atoms with Crippen molar-refractivity contribution in [2.45, 2.75) is 19.9 Å². The van der Waals surface area contributed by atoms with Crippen molar-refractivity contribution in [1.82, 2.24) is 5.32 Å². The number of hydrogen-bond donors (Lipinski definition) is 1. The fourth-order valence-corrected chi connectivity index (χ4v) is 1.99. The van der Waals surface area contributed by atoms with E-state index in [0.717, 1.165) is 26.1 Å².